The van der Waals surface area contributed by atoms with Gasteiger partial charge < -0.3 is 5.32 Å². The third kappa shape index (κ3) is 4.47. The van der Waals surface area contributed by atoms with Crippen LogP contribution in [-0.4, -0.2) is 12.1 Å². The fraction of sp³-hybridized carbons (Fsp3) is 0.647. The van der Waals surface area contributed by atoms with Crippen LogP contribution in [0.25, 0.3) is 5.57 Å². The lowest BCUT2D eigenvalue weighted by molar-refractivity contribution is 0.507. The summed E-state index contributed by atoms with van der Waals surface area (Å²) in [6.45, 7) is 6.80. The molecule has 1 aliphatic rings. The maximum absolute atomic E-state index is 3.56. The van der Waals surface area contributed by atoms with Crippen molar-refractivity contribution < 1.29 is 0 Å². The van der Waals surface area contributed by atoms with Crippen LogP contribution >= 0.6 is 11.3 Å². The van der Waals surface area contributed by atoms with E-state index in [0.717, 1.165) is 0 Å². The van der Waals surface area contributed by atoms with Gasteiger partial charge in [-0.15, -0.1) is 11.3 Å². The largest absolute Gasteiger partial charge is 0.308 e. The molecular formula is C17H27NS. The lowest BCUT2D eigenvalue weighted by Crippen LogP contribution is -2.36. The number of thiophene rings is 1. The fourth-order valence-electron chi connectivity index (χ4n) is 2.85. The minimum absolute atomic E-state index is 0.508. The van der Waals surface area contributed by atoms with Gasteiger partial charge in [-0.3, -0.25) is 0 Å². The Balaban J connectivity index is 1.93. The van der Waals surface area contributed by atoms with Crippen molar-refractivity contribution in [3.8, 4) is 0 Å². The summed E-state index contributed by atoms with van der Waals surface area (Å²) in [6.07, 6.45) is 10.3. The molecule has 0 saturated heterocycles. The molecule has 2 rings (SSSR count). The number of hydrogen-bond acceptors (Lipinski definition) is 2. The van der Waals surface area contributed by atoms with E-state index in [-0.39, 0.29) is 0 Å². The third-order valence-electron chi connectivity index (χ3n) is 3.78. The molecule has 106 valence electrons. The Morgan fingerprint density at radius 1 is 1.21 bits per heavy atom. The Hall–Kier alpha value is -0.600. The maximum atomic E-state index is 3.56. The Bertz CT molecular complexity index is 419. The van der Waals surface area contributed by atoms with Crippen molar-refractivity contribution in [3.05, 3.63) is 28.0 Å². The van der Waals surface area contributed by atoms with Gasteiger partial charge in [0.05, 0.1) is 0 Å². The lowest BCUT2D eigenvalue weighted by Gasteiger charge is -2.25. The summed E-state index contributed by atoms with van der Waals surface area (Å²) in [6, 6.07) is 5.78. The zero-order valence-electron chi connectivity index (χ0n) is 12.5. The highest BCUT2D eigenvalue weighted by Crippen LogP contribution is 2.30. The van der Waals surface area contributed by atoms with Crippen LogP contribution in [0.15, 0.2) is 18.2 Å². The van der Waals surface area contributed by atoms with E-state index in [1.54, 1.807) is 10.5 Å². The molecule has 1 aromatic heterocycles. The molecule has 0 aromatic carbocycles. The minimum atomic E-state index is 0.508. The smallest absolute Gasteiger partial charge is 0.0303 e. The maximum Gasteiger partial charge on any atom is 0.0303 e. The molecule has 0 amide bonds. The Morgan fingerprint density at radius 2 is 2.05 bits per heavy atom. The van der Waals surface area contributed by atoms with Crippen LogP contribution in [0.1, 0.15) is 62.6 Å². The first-order valence-corrected chi connectivity index (χ1v) is 8.56. The number of hydrogen-bond donors (Lipinski definition) is 1. The molecule has 2 heteroatoms. The van der Waals surface area contributed by atoms with E-state index < -0.39 is 0 Å². The summed E-state index contributed by atoms with van der Waals surface area (Å²) < 4.78 is 0. The first-order valence-electron chi connectivity index (χ1n) is 7.75. The van der Waals surface area contributed by atoms with E-state index in [1.165, 1.54) is 43.4 Å². The van der Waals surface area contributed by atoms with E-state index in [2.05, 4.69) is 44.3 Å². The van der Waals surface area contributed by atoms with E-state index in [0.29, 0.717) is 12.1 Å². The van der Waals surface area contributed by atoms with E-state index >= 15 is 0 Å². The van der Waals surface area contributed by atoms with Crippen molar-refractivity contribution in [2.75, 3.05) is 0 Å². The Labute approximate surface area is 122 Å². The predicted octanol–water partition coefficient (Wildman–Crippen LogP) is 5.02. The molecule has 0 fully saturated rings. The molecule has 1 N–H and O–H groups in total. The van der Waals surface area contributed by atoms with Crippen LogP contribution in [-0.2, 0) is 6.42 Å². The fourth-order valence-corrected chi connectivity index (χ4v) is 3.93. The molecule has 1 aliphatic heterocycles. The number of aryl methyl sites for hydroxylation is 1. The molecule has 0 aliphatic carbocycles. The number of nitrogens with one attached hydrogen (secondary N) is 1. The summed E-state index contributed by atoms with van der Waals surface area (Å²) in [4.78, 5) is 3.05. The molecule has 0 radical (unpaired) electrons. The molecule has 19 heavy (non-hydrogen) atoms. The van der Waals surface area contributed by atoms with Crippen molar-refractivity contribution in [1.82, 2.24) is 5.32 Å². The van der Waals surface area contributed by atoms with Crippen molar-refractivity contribution in [3.63, 3.8) is 0 Å². The van der Waals surface area contributed by atoms with Crippen LogP contribution in [0.5, 0.6) is 0 Å². The zero-order chi connectivity index (χ0) is 13.7. The van der Waals surface area contributed by atoms with Crippen molar-refractivity contribution >= 4 is 16.9 Å². The molecule has 1 nitrogen and oxygen atoms in total. The van der Waals surface area contributed by atoms with Gasteiger partial charge in [-0.05, 0) is 50.8 Å². The highest BCUT2D eigenvalue weighted by Gasteiger charge is 2.17. The second-order valence-electron chi connectivity index (χ2n) is 5.83. The number of unbranched alkanes of at least 4 members (excludes halogenated alkanes) is 3. The van der Waals surface area contributed by atoms with Gasteiger partial charge in [0.15, 0.2) is 0 Å². The lowest BCUT2D eigenvalue weighted by atomic mass is 9.98. The highest BCUT2D eigenvalue weighted by atomic mass is 32.1. The molecule has 0 saturated carbocycles. The van der Waals surface area contributed by atoms with Crippen LogP contribution in [0.3, 0.4) is 0 Å². The summed E-state index contributed by atoms with van der Waals surface area (Å²) in [5.74, 6) is 0. The van der Waals surface area contributed by atoms with Gasteiger partial charge in [-0.2, -0.15) is 0 Å². The SMILES string of the molecule is CCCCCCc1ccc(C2=CC(C)NC(C)C2)s1. The summed E-state index contributed by atoms with van der Waals surface area (Å²) in [5.41, 5.74) is 1.54. The average molecular weight is 277 g/mol. The monoisotopic (exact) mass is 277 g/mol. The molecule has 0 bridgehead atoms. The summed E-state index contributed by atoms with van der Waals surface area (Å²) in [7, 11) is 0. The van der Waals surface area contributed by atoms with Crippen LogP contribution < -0.4 is 5.32 Å². The molecule has 2 heterocycles. The normalized spacial score (nSPS) is 23.4. The van der Waals surface area contributed by atoms with E-state index in [1.807, 2.05) is 11.3 Å². The second kappa shape index (κ2) is 7.25. The standard InChI is InChI=1S/C17H27NS/c1-4-5-6-7-8-16-9-10-17(19-16)15-11-13(2)18-14(3)12-15/h9-11,13-14,18H,4-8,12H2,1-3H3. The second-order valence-corrected chi connectivity index (χ2v) is 7.00. The topological polar surface area (TPSA) is 12.0 Å². The predicted molar refractivity (Wildman–Crippen MR) is 86.8 cm³/mol. The van der Waals surface area contributed by atoms with Crippen LogP contribution in [0.4, 0.5) is 0 Å². The van der Waals surface area contributed by atoms with Gasteiger partial charge in [-0.1, -0.05) is 32.3 Å². The van der Waals surface area contributed by atoms with Crippen molar-refractivity contribution in [2.45, 2.75) is 71.4 Å². The Kier molecular flexibility index (Phi) is 5.65. The molecular weight excluding hydrogens is 250 g/mol. The highest BCUT2D eigenvalue weighted by molar-refractivity contribution is 7.13. The van der Waals surface area contributed by atoms with Gasteiger partial charge in [0.2, 0.25) is 0 Å². The molecule has 2 unspecified atom stereocenters. The number of rotatable bonds is 6. The van der Waals surface area contributed by atoms with Gasteiger partial charge in [0, 0.05) is 21.8 Å². The van der Waals surface area contributed by atoms with Gasteiger partial charge in [-0.25, -0.2) is 0 Å². The van der Waals surface area contributed by atoms with E-state index in [9.17, 15) is 0 Å². The molecule has 0 spiro atoms. The van der Waals surface area contributed by atoms with Gasteiger partial charge in [0.25, 0.3) is 0 Å². The van der Waals surface area contributed by atoms with Gasteiger partial charge in [0.1, 0.15) is 0 Å². The molecule has 2 atom stereocenters. The average Bonchev–Trinajstić information content (AvgIpc) is 2.82. The van der Waals surface area contributed by atoms with Gasteiger partial charge >= 0.3 is 0 Å². The molecule has 1 aromatic rings. The zero-order valence-corrected chi connectivity index (χ0v) is 13.4. The van der Waals surface area contributed by atoms with Crippen LogP contribution in [0, 0.1) is 0 Å². The summed E-state index contributed by atoms with van der Waals surface area (Å²) in [5, 5.41) is 3.56. The van der Waals surface area contributed by atoms with E-state index in [4.69, 9.17) is 0 Å². The minimum Gasteiger partial charge on any atom is -0.308 e. The third-order valence-corrected chi connectivity index (χ3v) is 5.00. The Morgan fingerprint density at radius 3 is 2.79 bits per heavy atom. The first kappa shape index (κ1) is 14.8. The van der Waals surface area contributed by atoms with Crippen molar-refractivity contribution in [1.29, 1.82) is 0 Å². The quantitative estimate of drug-likeness (QED) is 0.720. The van der Waals surface area contributed by atoms with Crippen molar-refractivity contribution in [2.24, 2.45) is 0 Å². The first-order chi connectivity index (χ1) is 9.19. The van der Waals surface area contributed by atoms with Crippen LogP contribution in [0.2, 0.25) is 0 Å². The summed E-state index contributed by atoms with van der Waals surface area (Å²) >= 11 is 2.01.